The zero-order valence-electron chi connectivity index (χ0n) is 14.0. The van der Waals surface area contributed by atoms with Crippen LogP contribution in [0.15, 0.2) is 39.7 Å². The highest BCUT2D eigenvalue weighted by atomic mass is 32.2. The van der Waals surface area contributed by atoms with Gasteiger partial charge in [0.25, 0.3) is 5.91 Å². The number of benzene rings is 1. The van der Waals surface area contributed by atoms with Crippen molar-refractivity contribution >= 4 is 40.4 Å². The lowest BCUT2D eigenvalue weighted by Crippen LogP contribution is -2.48. The number of carbonyl (C=O) groups is 1. The summed E-state index contributed by atoms with van der Waals surface area (Å²) in [5, 5.41) is 12.5. The van der Waals surface area contributed by atoms with Crippen LogP contribution in [0.1, 0.15) is 21.7 Å². The molecule has 0 bridgehead atoms. The standard InChI is InChI=1S/C18H18FN3O2S2/c19-12-1-3-13(4-2-12)21-6-8-22(9-7-21)17(23)16-11-14-15(20-24)5-10-25-18(14)26-16/h1-4,11,24H,5-10H2. The van der Waals surface area contributed by atoms with Crippen LogP contribution in [0.4, 0.5) is 10.1 Å². The van der Waals surface area contributed by atoms with E-state index >= 15 is 0 Å². The van der Waals surface area contributed by atoms with Crippen LogP contribution in [0.2, 0.25) is 0 Å². The Morgan fingerprint density at radius 3 is 2.58 bits per heavy atom. The van der Waals surface area contributed by atoms with Gasteiger partial charge in [0, 0.05) is 49.6 Å². The van der Waals surface area contributed by atoms with Crippen molar-refractivity contribution in [3.8, 4) is 0 Å². The third-order valence-electron chi connectivity index (χ3n) is 4.67. The van der Waals surface area contributed by atoms with Gasteiger partial charge in [0.2, 0.25) is 0 Å². The summed E-state index contributed by atoms with van der Waals surface area (Å²) in [4.78, 5) is 17.6. The largest absolute Gasteiger partial charge is 0.411 e. The first kappa shape index (κ1) is 17.4. The zero-order valence-corrected chi connectivity index (χ0v) is 15.7. The highest BCUT2D eigenvalue weighted by molar-refractivity contribution is 8.01. The quantitative estimate of drug-likeness (QED) is 0.629. The molecule has 0 spiro atoms. The normalized spacial score (nSPS) is 18.9. The summed E-state index contributed by atoms with van der Waals surface area (Å²) < 4.78 is 14.1. The molecule has 0 unspecified atom stereocenters. The van der Waals surface area contributed by atoms with Gasteiger partial charge in [-0.1, -0.05) is 5.16 Å². The summed E-state index contributed by atoms with van der Waals surface area (Å²) in [6.45, 7) is 2.71. The van der Waals surface area contributed by atoms with Gasteiger partial charge >= 0.3 is 0 Å². The summed E-state index contributed by atoms with van der Waals surface area (Å²) >= 11 is 3.19. The van der Waals surface area contributed by atoms with E-state index < -0.39 is 0 Å². The Balaban J connectivity index is 1.44. The summed E-state index contributed by atoms with van der Waals surface area (Å²) in [6, 6.07) is 8.32. The molecule has 3 heterocycles. The molecular weight excluding hydrogens is 373 g/mol. The smallest absolute Gasteiger partial charge is 0.264 e. The minimum Gasteiger partial charge on any atom is -0.411 e. The number of thiophene rings is 1. The molecule has 0 atom stereocenters. The highest BCUT2D eigenvalue weighted by Crippen LogP contribution is 2.38. The molecule has 1 fully saturated rings. The Hall–Kier alpha value is -2.06. The van der Waals surface area contributed by atoms with Gasteiger partial charge in [-0.05, 0) is 30.3 Å². The van der Waals surface area contributed by atoms with Gasteiger partial charge in [-0.25, -0.2) is 4.39 Å². The number of piperazine rings is 1. The molecule has 0 radical (unpaired) electrons. The van der Waals surface area contributed by atoms with Crippen LogP contribution in [0.25, 0.3) is 0 Å². The van der Waals surface area contributed by atoms with Crippen molar-refractivity contribution in [2.75, 3.05) is 36.8 Å². The highest BCUT2D eigenvalue weighted by Gasteiger charge is 2.27. The number of thioether (sulfide) groups is 1. The average Bonchev–Trinajstić information content (AvgIpc) is 3.12. The van der Waals surface area contributed by atoms with Gasteiger partial charge in [-0.2, -0.15) is 0 Å². The predicted octanol–water partition coefficient (Wildman–Crippen LogP) is 3.52. The summed E-state index contributed by atoms with van der Waals surface area (Å²) in [6.07, 6.45) is 0.717. The first-order valence-electron chi connectivity index (χ1n) is 8.43. The van der Waals surface area contributed by atoms with Crippen molar-refractivity contribution in [2.45, 2.75) is 10.6 Å². The van der Waals surface area contributed by atoms with Crippen LogP contribution in [0.3, 0.4) is 0 Å². The Morgan fingerprint density at radius 1 is 1.15 bits per heavy atom. The molecule has 2 aliphatic heterocycles. The second kappa shape index (κ2) is 7.28. The van der Waals surface area contributed by atoms with E-state index in [-0.39, 0.29) is 11.7 Å². The molecule has 1 saturated heterocycles. The fourth-order valence-corrected chi connectivity index (χ4v) is 5.69. The third-order valence-corrected chi connectivity index (χ3v) is 7.08. The van der Waals surface area contributed by atoms with E-state index in [1.165, 1.54) is 23.5 Å². The number of carbonyl (C=O) groups excluding carboxylic acids is 1. The Bertz CT molecular complexity index is 843. The molecule has 5 nitrogen and oxygen atoms in total. The number of rotatable bonds is 2. The molecule has 1 amide bonds. The van der Waals surface area contributed by atoms with Crippen molar-refractivity contribution in [1.29, 1.82) is 0 Å². The number of nitrogens with zero attached hydrogens (tertiary/aromatic N) is 3. The van der Waals surface area contributed by atoms with Crippen LogP contribution in [-0.4, -0.2) is 53.7 Å². The maximum Gasteiger partial charge on any atom is 0.264 e. The lowest BCUT2D eigenvalue weighted by atomic mass is 10.1. The van der Waals surface area contributed by atoms with Crippen LogP contribution >= 0.6 is 23.1 Å². The van der Waals surface area contributed by atoms with E-state index in [0.29, 0.717) is 23.7 Å². The maximum atomic E-state index is 13.1. The minimum atomic E-state index is -0.243. The lowest BCUT2D eigenvalue weighted by Gasteiger charge is -2.36. The van der Waals surface area contributed by atoms with Crippen molar-refractivity contribution < 1.29 is 14.4 Å². The molecule has 136 valence electrons. The Morgan fingerprint density at radius 2 is 1.88 bits per heavy atom. The van der Waals surface area contributed by atoms with E-state index in [9.17, 15) is 9.18 Å². The zero-order chi connectivity index (χ0) is 18.1. The van der Waals surface area contributed by atoms with E-state index in [1.54, 1.807) is 23.9 Å². The molecule has 0 aliphatic carbocycles. The fraction of sp³-hybridized carbons (Fsp3) is 0.333. The van der Waals surface area contributed by atoms with Crippen LogP contribution in [-0.2, 0) is 0 Å². The topological polar surface area (TPSA) is 56.1 Å². The maximum absolute atomic E-state index is 13.1. The van der Waals surface area contributed by atoms with Gasteiger partial charge in [0.15, 0.2) is 0 Å². The van der Waals surface area contributed by atoms with E-state index in [0.717, 1.165) is 40.7 Å². The molecule has 2 aromatic rings. The summed E-state index contributed by atoms with van der Waals surface area (Å²) in [7, 11) is 0. The molecule has 2 aliphatic rings. The van der Waals surface area contributed by atoms with Crippen molar-refractivity contribution in [3.63, 3.8) is 0 Å². The number of hydrogen-bond acceptors (Lipinski definition) is 6. The van der Waals surface area contributed by atoms with E-state index in [1.807, 2.05) is 11.0 Å². The number of anilines is 1. The van der Waals surface area contributed by atoms with Crippen LogP contribution in [0.5, 0.6) is 0 Å². The number of oxime groups is 1. The number of halogens is 1. The molecule has 26 heavy (non-hydrogen) atoms. The predicted molar refractivity (Wildman–Crippen MR) is 103 cm³/mol. The summed E-state index contributed by atoms with van der Waals surface area (Å²) in [5.41, 5.74) is 2.53. The lowest BCUT2D eigenvalue weighted by molar-refractivity contribution is 0.0751. The summed E-state index contributed by atoms with van der Waals surface area (Å²) in [5.74, 6) is 0.658. The first-order valence-corrected chi connectivity index (χ1v) is 10.2. The molecule has 4 rings (SSSR count). The Kier molecular flexibility index (Phi) is 4.86. The van der Waals surface area contributed by atoms with Gasteiger partial charge < -0.3 is 15.0 Å². The average molecular weight is 391 g/mol. The van der Waals surface area contributed by atoms with E-state index in [2.05, 4.69) is 10.1 Å². The van der Waals surface area contributed by atoms with Gasteiger partial charge in [0.1, 0.15) is 5.82 Å². The molecular formula is C18H18FN3O2S2. The van der Waals surface area contributed by atoms with Gasteiger partial charge in [-0.3, -0.25) is 4.79 Å². The molecule has 0 saturated carbocycles. The van der Waals surface area contributed by atoms with Crippen LogP contribution < -0.4 is 4.90 Å². The van der Waals surface area contributed by atoms with Gasteiger partial charge in [-0.15, -0.1) is 23.1 Å². The van der Waals surface area contributed by atoms with Crippen molar-refractivity contribution in [1.82, 2.24) is 4.90 Å². The first-order chi connectivity index (χ1) is 12.7. The third kappa shape index (κ3) is 3.31. The fourth-order valence-electron chi connectivity index (χ4n) is 3.24. The minimum absolute atomic E-state index is 0.0287. The second-order valence-electron chi connectivity index (χ2n) is 6.21. The molecule has 1 aromatic carbocycles. The SMILES string of the molecule is O=C(c1cc2c(s1)SCCC2=NO)N1CCN(c2ccc(F)cc2)CC1. The number of hydrogen-bond donors (Lipinski definition) is 1. The molecule has 1 N–H and O–H groups in total. The Labute approximate surface area is 159 Å². The van der Waals surface area contributed by atoms with Crippen LogP contribution in [0, 0.1) is 5.82 Å². The molecule has 8 heteroatoms. The van der Waals surface area contributed by atoms with Crippen molar-refractivity contribution in [3.05, 3.63) is 46.6 Å². The molecule has 1 aromatic heterocycles. The number of fused-ring (bicyclic) bond motifs is 1. The van der Waals surface area contributed by atoms with Gasteiger partial charge in [0.05, 0.1) is 14.8 Å². The number of amides is 1. The second-order valence-corrected chi connectivity index (χ2v) is 8.63. The monoisotopic (exact) mass is 391 g/mol. The van der Waals surface area contributed by atoms with E-state index in [4.69, 9.17) is 5.21 Å². The van der Waals surface area contributed by atoms with Crippen molar-refractivity contribution in [2.24, 2.45) is 5.16 Å².